The van der Waals surface area contributed by atoms with Gasteiger partial charge in [0.15, 0.2) is 0 Å². The van der Waals surface area contributed by atoms with Crippen LogP contribution in [-0.4, -0.2) is 9.13 Å². The van der Waals surface area contributed by atoms with Gasteiger partial charge in [-0.1, -0.05) is 84.9 Å². The van der Waals surface area contributed by atoms with Crippen LogP contribution in [0.1, 0.15) is 0 Å². The van der Waals surface area contributed by atoms with Crippen molar-refractivity contribution < 1.29 is 0 Å². The lowest BCUT2D eigenvalue weighted by atomic mass is 10.0. The maximum atomic E-state index is 2.41. The summed E-state index contributed by atoms with van der Waals surface area (Å²) in [6.45, 7) is 0. The van der Waals surface area contributed by atoms with Gasteiger partial charge >= 0.3 is 0 Å². The van der Waals surface area contributed by atoms with Crippen LogP contribution < -0.4 is 0 Å². The third kappa shape index (κ3) is 3.21. The van der Waals surface area contributed by atoms with Crippen molar-refractivity contribution in [2.75, 3.05) is 0 Å². The lowest BCUT2D eigenvalue weighted by Gasteiger charge is -2.10. The molecular formula is C36H24N2. The average Bonchev–Trinajstić information content (AvgIpc) is 3.55. The lowest BCUT2D eigenvalue weighted by Crippen LogP contribution is -1.94. The van der Waals surface area contributed by atoms with E-state index >= 15 is 0 Å². The molecule has 0 saturated heterocycles. The van der Waals surface area contributed by atoms with Gasteiger partial charge in [-0.2, -0.15) is 0 Å². The number of aromatic nitrogens is 2. The summed E-state index contributed by atoms with van der Waals surface area (Å²) in [6.07, 6.45) is 2.16. The summed E-state index contributed by atoms with van der Waals surface area (Å²) < 4.78 is 4.68. The molecule has 8 rings (SSSR count). The molecule has 6 aromatic carbocycles. The Labute approximate surface area is 220 Å². The molecule has 2 heterocycles. The van der Waals surface area contributed by atoms with Crippen molar-refractivity contribution in [3.05, 3.63) is 146 Å². The van der Waals surface area contributed by atoms with Gasteiger partial charge in [0, 0.05) is 28.3 Å². The molecule has 0 spiro atoms. The first kappa shape index (κ1) is 21.0. The van der Waals surface area contributed by atoms with E-state index < -0.39 is 0 Å². The third-order valence-corrected chi connectivity index (χ3v) is 7.71. The van der Waals surface area contributed by atoms with Crippen LogP contribution in [0.3, 0.4) is 0 Å². The van der Waals surface area contributed by atoms with Crippen LogP contribution in [0, 0.1) is 0 Å². The molecule has 0 N–H and O–H groups in total. The van der Waals surface area contributed by atoms with Gasteiger partial charge < -0.3 is 9.13 Å². The minimum atomic E-state index is 1.17. The Hall–Kier alpha value is -5.08. The molecule has 0 saturated carbocycles. The molecule has 0 fully saturated rings. The van der Waals surface area contributed by atoms with Crippen molar-refractivity contribution in [1.82, 2.24) is 9.13 Å². The number of rotatable bonds is 3. The van der Waals surface area contributed by atoms with E-state index in [9.17, 15) is 0 Å². The van der Waals surface area contributed by atoms with Crippen molar-refractivity contribution in [2.45, 2.75) is 0 Å². The SMILES string of the molecule is c1ccc(-n2ccc3ccc(-c4ccc5c6cc7ccccc7cc6n(-c6ccccc6)c5c4)cc32)cc1. The minimum Gasteiger partial charge on any atom is -0.317 e. The van der Waals surface area contributed by atoms with Crippen molar-refractivity contribution in [2.24, 2.45) is 0 Å². The summed E-state index contributed by atoms with van der Waals surface area (Å²) in [5.41, 5.74) is 8.44. The van der Waals surface area contributed by atoms with Gasteiger partial charge in [0.2, 0.25) is 0 Å². The van der Waals surface area contributed by atoms with Crippen LogP contribution in [0.4, 0.5) is 0 Å². The Balaban J connectivity index is 1.39. The van der Waals surface area contributed by atoms with Crippen molar-refractivity contribution in [3.63, 3.8) is 0 Å². The van der Waals surface area contributed by atoms with E-state index in [0.717, 1.165) is 0 Å². The number of para-hydroxylation sites is 2. The minimum absolute atomic E-state index is 1.17. The molecule has 0 aliphatic carbocycles. The summed E-state index contributed by atoms with van der Waals surface area (Å²) >= 11 is 0. The number of hydrogen-bond acceptors (Lipinski definition) is 0. The average molecular weight is 485 g/mol. The van der Waals surface area contributed by atoms with E-state index in [0.29, 0.717) is 0 Å². The fourth-order valence-electron chi connectivity index (χ4n) is 5.86. The monoisotopic (exact) mass is 484 g/mol. The second-order valence-electron chi connectivity index (χ2n) is 9.91. The largest absolute Gasteiger partial charge is 0.317 e. The lowest BCUT2D eigenvalue weighted by molar-refractivity contribution is 1.13. The third-order valence-electron chi connectivity index (χ3n) is 7.71. The molecule has 0 atom stereocenters. The summed E-state index contributed by atoms with van der Waals surface area (Å²) in [7, 11) is 0. The molecule has 178 valence electrons. The molecular weight excluding hydrogens is 460 g/mol. The zero-order valence-electron chi connectivity index (χ0n) is 20.8. The normalized spacial score (nSPS) is 11.7. The molecule has 2 heteroatoms. The van der Waals surface area contributed by atoms with Crippen LogP contribution in [0.5, 0.6) is 0 Å². The number of nitrogens with zero attached hydrogens (tertiary/aromatic N) is 2. The van der Waals surface area contributed by atoms with E-state index in [-0.39, 0.29) is 0 Å². The topological polar surface area (TPSA) is 9.86 Å². The fraction of sp³-hybridized carbons (Fsp3) is 0. The molecule has 0 bridgehead atoms. The van der Waals surface area contributed by atoms with Gasteiger partial charge in [0.25, 0.3) is 0 Å². The number of hydrogen-bond donors (Lipinski definition) is 0. The maximum absolute atomic E-state index is 2.41. The van der Waals surface area contributed by atoms with Crippen molar-refractivity contribution >= 4 is 43.5 Å². The Morgan fingerprint density at radius 3 is 1.74 bits per heavy atom. The van der Waals surface area contributed by atoms with Gasteiger partial charge in [-0.05, 0) is 81.9 Å². The standard InChI is InChI=1S/C36H24N2/c1-3-11-30(12-4-1)37-20-19-25-15-16-28(22-34(25)37)29-17-18-32-33-21-26-9-7-8-10-27(26)23-36(33)38(35(32)24-29)31-13-5-2-6-14-31/h1-24H. The molecule has 2 aromatic heterocycles. The van der Waals surface area contributed by atoms with E-state index in [1.807, 2.05) is 0 Å². The number of fused-ring (bicyclic) bond motifs is 5. The van der Waals surface area contributed by atoms with Gasteiger partial charge in [-0.15, -0.1) is 0 Å². The summed E-state index contributed by atoms with van der Waals surface area (Å²) in [6, 6.07) is 50.4. The molecule has 0 aliphatic rings. The predicted octanol–water partition coefficient (Wildman–Crippen LogP) is 9.55. The van der Waals surface area contributed by atoms with Gasteiger partial charge in [0.05, 0.1) is 16.6 Å². The van der Waals surface area contributed by atoms with Crippen LogP contribution in [0.25, 0.3) is 66.0 Å². The maximum Gasteiger partial charge on any atom is 0.0547 e. The van der Waals surface area contributed by atoms with Gasteiger partial charge in [0.1, 0.15) is 0 Å². The fourth-order valence-corrected chi connectivity index (χ4v) is 5.86. The van der Waals surface area contributed by atoms with Gasteiger partial charge in [-0.3, -0.25) is 0 Å². The van der Waals surface area contributed by atoms with Gasteiger partial charge in [-0.25, -0.2) is 0 Å². The summed E-state index contributed by atoms with van der Waals surface area (Å²) in [5, 5.41) is 6.31. The quantitative estimate of drug-likeness (QED) is 0.236. The molecule has 0 aliphatic heterocycles. The van der Waals surface area contributed by atoms with Crippen LogP contribution in [-0.2, 0) is 0 Å². The smallest absolute Gasteiger partial charge is 0.0547 e. The van der Waals surface area contributed by atoms with E-state index in [4.69, 9.17) is 0 Å². The Bertz CT molecular complexity index is 2110. The second-order valence-corrected chi connectivity index (χ2v) is 9.91. The predicted molar refractivity (Wildman–Crippen MR) is 161 cm³/mol. The molecule has 0 radical (unpaired) electrons. The van der Waals surface area contributed by atoms with Crippen LogP contribution >= 0.6 is 0 Å². The van der Waals surface area contributed by atoms with Crippen LogP contribution in [0.15, 0.2) is 146 Å². The highest BCUT2D eigenvalue weighted by atomic mass is 15.0. The Kier molecular flexibility index (Phi) is 4.55. The van der Waals surface area contributed by atoms with Crippen molar-refractivity contribution in [1.29, 1.82) is 0 Å². The van der Waals surface area contributed by atoms with E-state index in [1.54, 1.807) is 0 Å². The zero-order chi connectivity index (χ0) is 25.1. The summed E-state index contributed by atoms with van der Waals surface area (Å²) in [4.78, 5) is 0. The first-order valence-electron chi connectivity index (χ1n) is 13.0. The Morgan fingerprint density at radius 2 is 0.974 bits per heavy atom. The first-order chi connectivity index (χ1) is 18.8. The highest BCUT2D eigenvalue weighted by molar-refractivity contribution is 6.14. The highest BCUT2D eigenvalue weighted by Crippen LogP contribution is 2.37. The van der Waals surface area contributed by atoms with Crippen molar-refractivity contribution in [3.8, 4) is 22.5 Å². The van der Waals surface area contributed by atoms with E-state index in [1.165, 1.54) is 66.0 Å². The van der Waals surface area contributed by atoms with E-state index in [2.05, 4.69) is 155 Å². The molecule has 0 amide bonds. The van der Waals surface area contributed by atoms with Crippen LogP contribution in [0.2, 0.25) is 0 Å². The Morgan fingerprint density at radius 1 is 0.368 bits per heavy atom. The zero-order valence-corrected chi connectivity index (χ0v) is 20.8. The number of benzene rings is 6. The highest BCUT2D eigenvalue weighted by Gasteiger charge is 2.15. The second kappa shape index (κ2) is 8.22. The molecule has 8 aromatic rings. The molecule has 0 unspecified atom stereocenters. The molecule has 2 nitrogen and oxygen atoms in total. The summed E-state index contributed by atoms with van der Waals surface area (Å²) in [5.74, 6) is 0. The first-order valence-corrected chi connectivity index (χ1v) is 13.0. The molecule has 38 heavy (non-hydrogen) atoms.